The van der Waals surface area contributed by atoms with Crippen LogP contribution in [0.3, 0.4) is 0 Å². The normalized spacial score (nSPS) is 15.9. The number of Topliss-reactive ketones (excluding diaryl/α,β-unsaturated/α-hetero) is 1. The number of furan rings is 2. The first-order valence-electron chi connectivity index (χ1n) is 10.7. The minimum absolute atomic E-state index is 0.0639. The van der Waals surface area contributed by atoms with Gasteiger partial charge in [-0.05, 0) is 48.4 Å². The van der Waals surface area contributed by atoms with Gasteiger partial charge >= 0.3 is 0 Å². The summed E-state index contributed by atoms with van der Waals surface area (Å²) < 4.78 is 16.7. The van der Waals surface area contributed by atoms with Crippen LogP contribution in [-0.2, 0) is 11.2 Å². The maximum absolute atomic E-state index is 13.6. The van der Waals surface area contributed by atoms with Crippen LogP contribution in [0.25, 0.3) is 11.0 Å². The summed E-state index contributed by atoms with van der Waals surface area (Å²) in [5.74, 6) is -1.30. The molecule has 2 aromatic heterocycles. The lowest BCUT2D eigenvalue weighted by Gasteiger charge is -2.24. The summed E-state index contributed by atoms with van der Waals surface area (Å²) in [6.07, 6.45) is 1.93. The summed E-state index contributed by atoms with van der Waals surface area (Å²) in [6.45, 7) is 0.232. The predicted molar refractivity (Wildman–Crippen MR) is 130 cm³/mol. The Kier molecular flexibility index (Phi) is 6.05. The molecule has 0 bridgehead atoms. The van der Waals surface area contributed by atoms with E-state index in [0.717, 1.165) is 5.56 Å². The second-order valence-corrected chi connectivity index (χ2v) is 8.89. The zero-order valence-corrected chi connectivity index (χ0v) is 20.0. The van der Waals surface area contributed by atoms with Crippen molar-refractivity contribution in [3.05, 3.63) is 99.3 Å². The van der Waals surface area contributed by atoms with Crippen molar-refractivity contribution >= 4 is 45.9 Å². The Morgan fingerprint density at radius 1 is 1.11 bits per heavy atom. The quantitative estimate of drug-likeness (QED) is 0.298. The number of ether oxygens (including phenoxy) is 1. The molecule has 0 aliphatic carbocycles. The number of ketones is 1. The van der Waals surface area contributed by atoms with Gasteiger partial charge in [-0.3, -0.25) is 9.59 Å². The molecule has 3 heterocycles. The highest BCUT2D eigenvalue weighted by molar-refractivity contribution is 6.31. The average Bonchev–Trinajstić information content (AvgIpc) is 3.57. The van der Waals surface area contributed by atoms with Gasteiger partial charge in [0.05, 0.1) is 18.9 Å². The highest BCUT2D eigenvalue weighted by atomic mass is 35.5. The Morgan fingerprint density at radius 3 is 2.57 bits per heavy atom. The molecule has 0 radical (unpaired) electrons. The molecule has 4 aromatic rings. The number of hydrogen-bond acceptors (Lipinski definition) is 6. The Bertz CT molecular complexity index is 1450. The molecular weight excluding hydrogens is 493 g/mol. The molecule has 7 nitrogen and oxygen atoms in total. The Labute approximate surface area is 210 Å². The molecule has 0 fully saturated rings. The number of rotatable bonds is 7. The summed E-state index contributed by atoms with van der Waals surface area (Å²) >= 11 is 12.1. The smallest absolute Gasteiger partial charge is 0.290 e. The average molecular weight is 512 g/mol. The third-order valence-corrected chi connectivity index (χ3v) is 6.38. The van der Waals surface area contributed by atoms with E-state index < -0.39 is 23.5 Å². The monoisotopic (exact) mass is 511 g/mol. The number of benzene rings is 2. The van der Waals surface area contributed by atoms with Gasteiger partial charge in [0.25, 0.3) is 5.91 Å². The van der Waals surface area contributed by atoms with Crippen molar-refractivity contribution in [3.8, 4) is 5.75 Å². The van der Waals surface area contributed by atoms with Gasteiger partial charge in [-0.25, -0.2) is 0 Å². The molecule has 0 saturated heterocycles. The number of fused-ring (bicyclic) bond motifs is 1. The molecule has 178 valence electrons. The molecule has 1 amide bonds. The van der Waals surface area contributed by atoms with E-state index in [1.54, 1.807) is 36.4 Å². The molecule has 2 aromatic carbocycles. The maximum atomic E-state index is 13.6. The Hall–Kier alpha value is -3.68. The van der Waals surface area contributed by atoms with Crippen molar-refractivity contribution in [1.29, 1.82) is 0 Å². The molecule has 5 rings (SSSR count). The van der Waals surface area contributed by atoms with Gasteiger partial charge in [-0.2, -0.15) is 0 Å². The fourth-order valence-corrected chi connectivity index (χ4v) is 4.58. The van der Waals surface area contributed by atoms with Gasteiger partial charge < -0.3 is 23.6 Å². The van der Waals surface area contributed by atoms with Crippen molar-refractivity contribution in [2.75, 3.05) is 13.7 Å². The third kappa shape index (κ3) is 4.17. The number of carbonyl (C=O) groups is 2. The highest BCUT2D eigenvalue weighted by Gasteiger charge is 2.45. The van der Waals surface area contributed by atoms with Gasteiger partial charge in [-0.1, -0.05) is 35.3 Å². The van der Waals surface area contributed by atoms with Gasteiger partial charge in [0.15, 0.2) is 22.9 Å². The first-order chi connectivity index (χ1) is 16.9. The van der Waals surface area contributed by atoms with Crippen LogP contribution in [0.4, 0.5) is 0 Å². The predicted octanol–water partition coefficient (Wildman–Crippen LogP) is 6.16. The topological polar surface area (TPSA) is 93.1 Å². The van der Waals surface area contributed by atoms with Gasteiger partial charge in [0.2, 0.25) is 5.78 Å². The number of aliphatic hydroxyl groups excluding tert-OH is 1. The molecular formula is C26H19Cl2NO6. The van der Waals surface area contributed by atoms with Crippen molar-refractivity contribution in [2.45, 2.75) is 12.5 Å². The van der Waals surface area contributed by atoms with Gasteiger partial charge in [-0.15, -0.1) is 0 Å². The van der Waals surface area contributed by atoms with Crippen LogP contribution in [-0.4, -0.2) is 35.4 Å². The zero-order chi connectivity index (χ0) is 24.7. The Balaban J connectivity index is 1.51. The number of aliphatic hydroxyl groups is 1. The largest absolute Gasteiger partial charge is 0.503 e. The molecule has 9 heteroatoms. The van der Waals surface area contributed by atoms with E-state index in [-0.39, 0.29) is 17.9 Å². The van der Waals surface area contributed by atoms with E-state index in [1.165, 1.54) is 24.3 Å². The van der Waals surface area contributed by atoms with Crippen LogP contribution in [0, 0.1) is 0 Å². The first kappa shape index (κ1) is 23.1. The van der Waals surface area contributed by atoms with Crippen molar-refractivity contribution in [2.24, 2.45) is 0 Å². The van der Waals surface area contributed by atoms with E-state index in [4.69, 9.17) is 36.8 Å². The number of carbonyl (C=O) groups excluding carboxylic acids is 2. The second kappa shape index (κ2) is 9.17. The van der Waals surface area contributed by atoms with Crippen LogP contribution >= 0.6 is 23.2 Å². The summed E-state index contributed by atoms with van der Waals surface area (Å²) in [7, 11) is 1.46. The fraction of sp³-hybridized carbons (Fsp3) is 0.154. The van der Waals surface area contributed by atoms with E-state index in [0.29, 0.717) is 38.9 Å². The molecule has 0 saturated carbocycles. The van der Waals surface area contributed by atoms with E-state index >= 15 is 0 Å². The molecule has 1 N–H and O–H groups in total. The van der Waals surface area contributed by atoms with Crippen LogP contribution in [0.2, 0.25) is 10.0 Å². The van der Waals surface area contributed by atoms with E-state index in [1.807, 2.05) is 12.1 Å². The minimum Gasteiger partial charge on any atom is -0.503 e. The Morgan fingerprint density at radius 2 is 1.89 bits per heavy atom. The lowest BCUT2D eigenvalue weighted by atomic mass is 9.99. The summed E-state index contributed by atoms with van der Waals surface area (Å²) in [6, 6.07) is 14.3. The number of methoxy groups -OCH3 is 1. The van der Waals surface area contributed by atoms with Gasteiger partial charge in [0, 0.05) is 28.0 Å². The maximum Gasteiger partial charge on any atom is 0.290 e. The molecule has 0 spiro atoms. The molecule has 1 aliphatic heterocycles. The molecule has 1 atom stereocenters. The first-order valence-corrected chi connectivity index (χ1v) is 11.5. The van der Waals surface area contributed by atoms with Crippen LogP contribution in [0.1, 0.15) is 27.9 Å². The number of amides is 1. The minimum atomic E-state index is -0.920. The molecule has 35 heavy (non-hydrogen) atoms. The van der Waals surface area contributed by atoms with Crippen molar-refractivity contribution in [3.63, 3.8) is 0 Å². The number of nitrogens with zero attached hydrogens (tertiary/aromatic N) is 1. The zero-order valence-electron chi connectivity index (χ0n) is 18.5. The summed E-state index contributed by atoms with van der Waals surface area (Å²) in [5.41, 5.74) is 1.16. The van der Waals surface area contributed by atoms with Crippen LogP contribution < -0.4 is 4.74 Å². The fourth-order valence-electron chi connectivity index (χ4n) is 4.24. The van der Waals surface area contributed by atoms with Crippen LogP contribution in [0.15, 0.2) is 81.0 Å². The van der Waals surface area contributed by atoms with E-state index in [2.05, 4.69) is 0 Å². The standard InChI is InChI=1S/C26H19Cl2NO6/c1-33-20-13-17(28)11-15-12-19(35-25(15)20)23(30)21-22(18-3-2-10-34-18)29(26(32)24(21)31)9-8-14-4-6-16(27)7-5-14/h2-7,10-13,22,31H,8-9H2,1H3. The van der Waals surface area contributed by atoms with Crippen LogP contribution in [0.5, 0.6) is 5.75 Å². The SMILES string of the molecule is COc1cc(Cl)cc2cc(C(=O)C3=C(O)C(=O)N(CCc4ccc(Cl)cc4)C3c3ccco3)oc12. The van der Waals surface area contributed by atoms with Gasteiger partial charge in [0.1, 0.15) is 11.8 Å². The number of hydrogen-bond donors (Lipinski definition) is 1. The lowest BCUT2D eigenvalue weighted by Crippen LogP contribution is -2.32. The molecule has 1 unspecified atom stereocenters. The second-order valence-electron chi connectivity index (χ2n) is 8.02. The summed E-state index contributed by atoms with van der Waals surface area (Å²) in [5, 5.41) is 12.4. The molecule has 1 aliphatic rings. The highest BCUT2D eigenvalue weighted by Crippen LogP contribution is 2.41. The third-order valence-electron chi connectivity index (χ3n) is 5.91. The summed E-state index contributed by atoms with van der Waals surface area (Å²) in [4.78, 5) is 28.1. The van der Waals surface area contributed by atoms with E-state index in [9.17, 15) is 14.7 Å². The van der Waals surface area contributed by atoms with Crippen molar-refractivity contribution in [1.82, 2.24) is 4.90 Å². The lowest BCUT2D eigenvalue weighted by molar-refractivity contribution is -0.129. The van der Waals surface area contributed by atoms with Crippen molar-refractivity contribution < 1.29 is 28.3 Å². The number of halogens is 2.